The molecule has 1 amide bonds. The summed E-state index contributed by atoms with van der Waals surface area (Å²) in [5.74, 6) is 0.469. The molecule has 1 saturated heterocycles. The molecule has 5 nitrogen and oxygen atoms in total. The van der Waals surface area contributed by atoms with Crippen LogP contribution < -0.4 is 15.4 Å². The number of carbonyl (C=O) groups excluding carboxylic acids is 1. The molecule has 0 aromatic heterocycles. The van der Waals surface area contributed by atoms with Gasteiger partial charge in [0.2, 0.25) is 5.91 Å². The van der Waals surface area contributed by atoms with Gasteiger partial charge in [0.1, 0.15) is 11.6 Å². The molecule has 7 heteroatoms. The monoisotopic (exact) mass is 393 g/mol. The summed E-state index contributed by atoms with van der Waals surface area (Å²) in [6.07, 6.45) is 0. The van der Waals surface area contributed by atoms with E-state index >= 15 is 0 Å². The van der Waals surface area contributed by atoms with Crippen LogP contribution in [0.2, 0.25) is 0 Å². The van der Waals surface area contributed by atoms with Gasteiger partial charge in [-0.2, -0.15) is 0 Å². The van der Waals surface area contributed by atoms with Crippen molar-refractivity contribution < 1.29 is 13.9 Å². The molecule has 0 bridgehead atoms. The molecule has 1 aliphatic heterocycles. The number of rotatable bonds is 6. The summed E-state index contributed by atoms with van der Waals surface area (Å²) in [7, 11) is 1.62. The number of amides is 1. The first-order valence-electron chi connectivity index (χ1n) is 8.75. The van der Waals surface area contributed by atoms with Gasteiger partial charge in [-0.1, -0.05) is 24.3 Å². The highest BCUT2D eigenvalue weighted by molar-refractivity contribution is 5.85. The Kier molecular flexibility index (Phi) is 8.03. The van der Waals surface area contributed by atoms with E-state index in [0.29, 0.717) is 13.1 Å². The number of nitrogens with zero attached hydrogens (tertiary/aromatic N) is 1. The molecule has 0 spiro atoms. The summed E-state index contributed by atoms with van der Waals surface area (Å²) in [5, 5.41) is 6.27. The van der Waals surface area contributed by atoms with Gasteiger partial charge in [0.15, 0.2) is 0 Å². The highest BCUT2D eigenvalue weighted by Crippen LogP contribution is 2.22. The number of hydrogen-bond acceptors (Lipinski definition) is 4. The summed E-state index contributed by atoms with van der Waals surface area (Å²) < 4.78 is 18.8. The molecular weight excluding hydrogens is 369 g/mol. The van der Waals surface area contributed by atoms with Gasteiger partial charge in [-0.05, 0) is 35.4 Å². The maximum Gasteiger partial charge on any atom is 0.234 e. The molecule has 1 heterocycles. The van der Waals surface area contributed by atoms with E-state index in [1.807, 2.05) is 30.3 Å². The average molecular weight is 394 g/mol. The Morgan fingerprint density at radius 2 is 2.11 bits per heavy atom. The second-order valence-electron chi connectivity index (χ2n) is 6.37. The van der Waals surface area contributed by atoms with Crippen LogP contribution in [-0.2, 0) is 11.3 Å². The second kappa shape index (κ2) is 10.3. The van der Waals surface area contributed by atoms with E-state index in [4.69, 9.17) is 4.74 Å². The zero-order chi connectivity index (χ0) is 18.4. The van der Waals surface area contributed by atoms with Crippen LogP contribution in [0.3, 0.4) is 0 Å². The zero-order valence-electron chi connectivity index (χ0n) is 15.3. The highest BCUT2D eigenvalue weighted by Gasteiger charge is 2.25. The van der Waals surface area contributed by atoms with Crippen molar-refractivity contribution >= 4 is 18.3 Å². The Morgan fingerprint density at radius 3 is 2.89 bits per heavy atom. The van der Waals surface area contributed by atoms with Gasteiger partial charge in [0.25, 0.3) is 0 Å². The van der Waals surface area contributed by atoms with Gasteiger partial charge >= 0.3 is 0 Å². The fraction of sp³-hybridized carbons (Fsp3) is 0.350. The lowest BCUT2D eigenvalue weighted by Crippen LogP contribution is -2.49. The van der Waals surface area contributed by atoms with E-state index in [0.717, 1.165) is 30.0 Å². The lowest BCUT2D eigenvalue weighted by Gasteiger charge is -2.36. The fourth-order valence-corrected chi connectivity index (χ4v) is 3.20. The normalized spacial score (nSPS) is 17.0. The van der Waals surface area contributed by atoms with Crippen molar-refractivity contribution in [3.05, 3.63) is 65.5 Å². The van der Waals surface area contributed by atoms with Crippen LogP contribution >= 0.6 is 12.4 Å². The summed E-state index contributed by atoms with van der Waals surface area (Å²) in [6, 6.07) is 14.2. The van der Waals surface area contributed by atoms with Crippen molar-refractivity contribution in [1.82, 2.24) is 15.5 Å². The van der Waals surface area contributed by atoms with Crippen LogP contribution in [0.5, 0.6) is 5.75 Å². The molecule has 1 aliphatic rings. The van der Waals surface area contributed by atoms with E-state index in [1.165, 1.54) is 6.07 Å². The lowest BCUT2D eigenvalue weighted by molar-refractivity contribution is -0.123. The van der Waals surface area contributed by atoms with Crippen molar-refractivity contribution in [2.75, 3.05) is 33.3 Å². The predicted molar refractivity (Wildman–Crippen MR) is 106 cm³/mol. The van der Waals surface area contributed by atoms with Crippen LogP contribution in [-0.4, -0.2) is 44.1 Å². The number of hydrogen-bond donors (Lipinski definition) is 2. The van der Waals surface area contributed by atoms with Crippen LogP contribution in [0, 0.1) is 5.82 Å². The van der Waals surface area contributed by atoms with Crippen LogP contribution in [0.1, 0.15) is 17.2 Å². The Labute approximate surface area is 165 Å². The third-order valence-electron chi connectivity index (χ3n) is 4.56. The minimum Gasteiger partial charge on any atom is -0.497 e. The van der Waals surface area contributed by atoms with E-state index in [2.05, 4.69) is 15.5 Å². The number of benzene rings is 2. The number of ether oxygens (including phenoxy) is 1. The van der Waals surface area contributed by atoms with Crippen molar-refractivity contribution in [2.24, 2.45) is 0 Å². The molecule has 146 valence electrons. The summed E-state index contributed by atoms with van der Waals surface area (Å²) in [4.78, 5) is 14.5. The third-order valence-corrected chi connectivity index (χ3v) is 4.56. The van der Waals surface area contributed by atoms with Crippen LogP contribution in [0.15, 0.2) is 48.5 Å². The summed E-state index contributed by atoms with van der Waals surface area (Å²) in [5.41, 5.74) is 1.87. The van der Waals surface area contributed by atoms with Crippen molar-refractivity contribution in [2.45, 2.75) is 12.6 Å². The van der Waals surface area contributed by atoms with E-state index in [-0.39, 0.29) is 36.7 Å². The molecule has 0 aliphatic carbocycles. The number of methoxy groups -OCH3 is 1. The number of halogens is 2. The molecule has 1 fully saturated rings. The zero-order valence-corrected chi connectivity index (χ0v) is 16.1. The number of nitrogens with one attached hydrogen (secondary N) is 2. The minimum atomic E-state index is -0.254. The molecule has 3 rings (SSSR count). The maximum atomic E-state index is 13.6. The molecule has 2 aromatic rings. The third kappa shape index (κ3) is 5.92. The Bertz CT molecular complexity index is 760. The standard InChI is InChI=1S/C20H24FN3O2.ClH/c1-26-18-7-2-4-15(10-18)12-23-20(25)14-24-9-8-22-13-19(24)16-5-3-6-17(21)11-16;/h2-7,10-11,19,22H,8-9,12-14H2,1H3,(H,23,25);1H. The summed E-state index contributed by atoms with van der Waals surface area (Å²) in [6.45, 7) is 2.99. The molecule has 2 aromatic carbocycles. The van der Waals surface area contributed by atoms with Crippen LogP contribution in [0.25, 0.3) is 0 Å². The first kappa shape index (κ1) is 21.2. The predicted octanol–water partition coefficient (Wildman–Crippen LogP) is 2.52. The molecule has 1 unspecified atom stereocenters. The fourth-order valence-electron chi connectivity index (χ4n) is 3.20. The number of carbonyl (C=O) groups is 1. The van der Waals surface area contributed by atoms with Crippen molar-refractivity contribution in [3.8, 4) is 5.75 Å². The van der Waals surface area contributed by atoms with Gasteiger partial charge in [-0.15, -0.1) is 12.4 Å². The van der Waals surface area contributed by atoms with Gasteiger partial charge < -0.3 is 15.4 Å². The number of piperazine rings is 1. The lowest BCUT2D eigenvalue weighted by atomic mass is 10.0. The molecule has 27 heavy (non-hydrogen) atoms. The van der Waals surface area contributed by atoms with Crippen molar-refractivity contribution in [3.63, 3.8) is 0 Å². The molecule has 0 saturated carbocycles. The van der Waals surface area contributed by atoms with Gasteiger partial charge in [-0.3, -0.25) is 9.69 Å². The topological polar surface area (TPSA) is 53.6 Å². The molecule has 0 radical (unpaired) electrons. The van der Waals surface area contributed by atoms with Gasteiger partial charge in [0, 0.05) is 32.2 Å². The van der Waals surface area contributed by atoms with E-state index in [9.17, 15) is 9.18 Å². The highest BCUT2D eigenvalue weighted by atomic mass is 35.5. The Hall–Kier alpha value is -2.15. The first-order valence-corrected chi connectivity index (χ1v) is 8.75. The SMILES string of the molecule is COc1cccc(CNC(=O)CN2CCNCC2c2cccc(F)c2)c1.Cl. The quantitative estimate of drug-likeness (QED) is 0.791. The largest absolute Gasteiger partial charge is 0.497 e. The smallest absolute Gasteiger partial charge is 0.234 e. The first-order chi connectivity index (χ1) is 12.7. The van der Waals surface area contributed by atoms with Crippen molar-refractivity contribution in [1.29, 1.82) is 0 Å². The Balaban J connectivity index is 0.00000261. The van der Waals surface area contributed by atoms with E-state index in [1.54, 1.807) is 19.2 Å². The second-order valence-corrected chi connectivity index (χ2v) is 6.37. The van der Waals surface area contributed by atoms with Gasteiger partial charge in [-0.25, -0.2) is 4.39 Å². The maximum absolute atomic E-state index is 13.6. The van der Waals surface area contributed by atoms with E-state index < -0.39 is 0 Å². The summed E-state index contributed by atoms with van der Waals surface area (Å²) >= 11 is 0. The van der Waals surface area contributed by atoms with Crippen LogP contribution in [0.4, 0.5) is 4.39 Å². The minimum absolute atomic E-state index is 0. The average Bonchev–Trinajstić information content (AvgIpc) is 2.67. The van der Waals surface area contributed by atoms with Gasteiger partial charge in [0.05, 0.1) is 13.7 Å². The molecule has 1 atom stereocenters. The molecule has 2 N–H and O–H groups in total. The molecular formula is C20H25ClFN3O2. The Morgan fingerprint density at radius 1 is 1.30 bits per heavy atom.